The zero-order chi connectivity index (χ0) is 9.42. The summed E-state index contributed by atoms with van der Waals surface area (Å²) in [6.07, 6.45) is 1.07. The highest BCUT2D eigenvalue weighted by Gasteiger charge is 2.39. The number of aliphatic hydroxyl groups is 1. The van der Waals surface area contributed by atoms with Gasteiger partial charge in [0.15, 0.2) is 0 Å². The Hall–Kier alpha value is -0.610. The van der Waals surface area contributed by atoms with E-state index in [4.69, 9.17) is 4.74 Å². The van der Waals surface area contributed by atoms with Crippen LogP contribution >= 0.6 is 0 Å². The Balaban J connectivity index is 2.14. The van der Waals surface area contributed by atoms with Gasteiger partial charge in [-0.25, -0.2) is 0 Å². The minimum absolute atomic E-state index is 0.0972. The number of carbonyl (C=O) groups excluding carboxylic acids is 1. The van der Waals surface area contributed by atoms with Crippen molar-refractivity contribution in [2.24, 2.45) is 0 Å². The number of rotatable bonds is 0. The second kappa shape index (κ2) is 3.27. The number of aliphatic hydroxyl groups excluding tert-OH is 1. The van der Waals surface area contributed by atoms with Crippen LogP contribution in [-0.4, -0.2) is 47.3 Å². The van der Waals surface area contributed by atoms with Gasteiger partial charge in [0.05, 0.1) is 31.4 Å². The van der Waals surface area contributed by atoms with Gasteiger partial charge in [0.25, 0.3) is 0 Å². The van der Waals surface area contributed by atoms with Gasteiger partial charge in [0.1, 0.15) is 0 Å². The molecule has 2 aliphatic heterocycles. The van der Waals surface area contributed by atoms with E-state index in [0.717, 1.165) is 0 Å². The third-order valence-electron chi connectivity index (χ3n) is 2.86. The van der Waals surface area contributed by atoms with Gasteiger partial charge in [0, 0.05) is 6.92 Å². The summed E-state index contributed by atoms with van der Waals surface area (Å²) >= 11 is 0. The summed E-state index contributed by atoms with van der Waals surface area (Å²) in [7, 11) is 0. The first kappa shape index (κ1) is 8.97. The smallest absolute Gasteiger partial charge is 0.220 e. The summed E-state index contributed by atoms with van der Waals surface area (Å²) in [6.45, 7) is 2.74. The molecule has 2 rings (SSSR count). The second-order valence-corrected chi connectivity index (χ2v) is 3.90. The van der Waals surface area contributed by atoms with Crippen LogP contribution in [0, 0.1) is 0 Å². The summed E-state index contributed by atoms with van der Waals surface area (Å²) in [5.74, 6) is 0.102. The van der Waals surface area contributed by atoms with Crippen LogP contribution in [0.25, 0.3) is 0 Å². The zero-order valence-corrected chi connectivity index (χ0v) is 7.77. The highest BCUT2D eigenvalue weighted by atomic mass is 16.5. The van der Waals surface area contributed by atoms with E-state index in [9.17, 15) is 9.90 Å². The second-order valence-electron chi connectivity index (χ2n) is 3.90. The van der Waals surface area contributed by atoms with Gasteiger partial charge in [-0.1, -0.05) is 0 Å². The SMILES string of the molecule is CC(=O)N1C2COCC1CC(O)C2. The molecule has 74 valence electrons. The fourth-order valence-electron chi connectivity index (χ4n) is 2.40. The van der Waals surface area contributed by atoms with Gasteiger partial charge < -0.3 is 14.7 Å². The van der Waals surface area contributed by atoms with E-state index in [1.54, 1.807) is 6.92 Å². The minimum atomic E-state index is -0.255. The lowest BCUT2D eigenvalue weighted by Gasteiger charge is -2.46. The summed E-state index contributed by atoms with van der Waals surface area (Å²) in [5.41, 5.74) is 0. The number of morpholine rings is 1. The van der Waals surface area contributed by atoms with Crippen molar-refractivity contribution in [2.75, 3.05) is 13.2 Å². The molecule has 2 aliphatic rings. The fraction of sp³-hybridized carbons (Fsp3) is 0.889. The number of piperidine rings is 1. The largest absolute Gasteiger partial charge is 0.393 e. The molecule has 0 saturated carbocycles. The number of nitrogens with zero attached hydrogens (tertiary/aromatic N) is 1. The maximum Gasteiger partial charge on any atom is 0.220 e. The fourth-order valence-corrected chi connectivity index (χ4v) is 2.40. The molecule has 4 nitrogen and oxygen atoms in total. The van der Waals surface area contributed by atoms with Crippen molar-refractivity contribution in [1.29, 1.82) is 0 Å². The number of ether oxygens (including phenoxy) is 1. The molecule has 2 atom stereocenters. The molecule has 1 N–H and O–H groups in total. The van der Waals surface area contributed by atoms with Gasteiger partial charge >= 0.3 is 0 Å². The van der Waals surface area contributed by atoms with Crippen LogP contribution in [0.4, 0.5) is 0 Å². The molecule has 2 fully saturated rings. The van der Waals surface area contributed by atoms with Crippen molar-refractivity contribution in [3.8, 4) is 0 Å². The Labute approximate surface area is 77.5 Å². The van der Waals surface area contributed by atoms with Crippen molar-refractivity contribution >= 4 is 5.91 Å². The molecule has 4 heteroatoms. The van der Waals surface area contributed by atoms with E-state index in [0.29, 0.717) is 26.1 Å². The highest BCUT2D eigenvalue weighted by molar-refractivity contribution is 5.74. The molecule has 0 aromatic rings. The van der Waals surface area contributed by atoms with Crippen molar-refractivity contribution in [3.63, 3.8) is 0 Å². The van der Waals surface area contributed by atoms with E-state index in [1.807, 2.05) is 4.90 Å². The first-order chi connectivity index (χ1) is 6.18. The molecule has 0 aromatic heterocycles. The summed E-state index contributed by atoms with van der Waals surface area (Å²) in [5, 5.41) is 9.52. The van der Waals surface area contributed by atoms with Crippen LogP contribution < -0.4 is 0 Å². The number of carbonyl (C=O) groups is 1. The zero-order valence-electron chi connectivity index (χ0n) is 7.77. The molecule has 2 saturated heterocycles. The number of fused-ring (bicyclic) bond motifs is 2. The average Bonchev–Trinajstić information content (AvgIpc) is 2.01. The third-order valence-corrected chi connectivity index (χ3v) is 2.86. The van der Waals surface area contributed by atoms with Crippen LogP contribution in [0.2, 0.25) is 0 Å². The van der Waals surface area contributed by atoms with E-state index >= 15 is 0 Å². The van der Waals surface area contributed by atoms with Crippen LogP contribution in [0.3, 0.4) is 0 Å². The molecular formula is C9H15NO3. The Morgan fingerprint density at radius 1 is 1.38 bits per heavy atom. The van der Waals surface area contributed by atoms with Crippen LogP contribution in [-0.2, 0) is 9.53 Å². The van der Waals surface area contributed by atoms with Crippen molar-refractivity contribution in [1.82, 2.24) is 4.90 Å². The monoisotopic (exact) mass is 185 g/mol. The molecule has 0 aromatic carbocycles. The van der Waals surface area contributed by atoms with Crippen LogP contribution in [0.5, 0.6) is 0 Å². The Morgan fingerprint density at radius 2 is 1.92 bits per heavy atom. The minimum Gasteiger partial charge on any atom is -0.393 e. The van der Waals surface area contributed by atoms with Crippen molar-refractivity contribution < 1.29 is 14.6 Å². The molecule has 0 aliphatic carbocycles. The third kappa shape index (κ3) is 1.56. The molecule has 1 amide bonds. The maximum absolute atomic E-state index is 11.3. The van der Waals surface area contributed by atoms with E-state index in [2.05, 4.69) is 0 Å². The quantitative estimate of drug-likeness (QED) is 0.566. The number of amides is 1. The maximum atomic E-state index is 11.3. The summed E-state index contributed by atoms with van der Waals surface area (Å²) in [4.78, 5) is 13.2. The normalized spacial score (nSPS) is 38.9. The van der Waals surface area contributed by atoms with Crippen LogP contribution in [0.15, 0.2) is 0 Å². The summed E-state index contributed by atoms with van der Waals surface area (Å²) < 4.78 is 5.36. The first-order valence-electron chi connectivity index (χ1n) is 4.73. The van der Waals surface area contributed by atoms with Gasteiger partial charge in [-0.15, -0.1) is 0 Å². The van der Waals surface area contributed by atoms with Crippen molar-refractivity contribution in [2.45, 2.75) is 38.0 Å². The Kier molecular flexibility index (Phi) is 2.26. The Morgan fingerprint density at radius 3 is 2.38 bits per heavy atom. The molecule has 0 spiro atoms. The van der Waals surface area contributed by atoms with Crippen molar-refractivity contribution in [3.05, 3.63) is 0 Å². The number of hydrogen-bond acceptors (Lipinski definition) is 3. The highest BCUT2D eigenvalue weighted by Crippen LogP contribution is 2.27. The number of hydrogen-bond donors (Lipinski definition) is 1. The first-order valence-corrected chi connectivity index (χ1v) is 4.73. The van der Waals surface area contributed by atoms with E-state index < -0.39 is 0 Å². The molecule has 13 heavy (non-hydrogen) atoms. The lowest BCUT2D eigenvalue weighted by atomic mass is 9.92. The van der Waals surface area contributed by atoms with E-state index in [-0.39, 0.29) is 24.1 Å². The molecule has 0 radical (unpaired) electrons. The Bertz CT molecular complexity index is 205. The predicted molar refractivity (Wildman–Crippen MR) is 46.2 cm³/mol. The molecule has 2 heterocycles. The van der Waals surface area contributed by atoms with Gasteiger partial charge in [-0.05, 0) is 12.8 Å². The lowest BCUT2D eigenvalue weighted by Crippen LogP contribution is -2.59. The van der Waals surface area contributed by atoms with Crippen LogP contribution in [0.1, 0.15) is 19.8 Å². The van der Waals surface area contributed by atoms with Gasteiger partial charge in [0.2, 0.25) is 5.91 Å². The summed E-state index contributed by atoms with van der Waals surface area (Å²) in [6, 6.07) is 0.194. The molecular weight excluding hydrogens is 170 g/mol. The van der Waals surface area contributed by atoms with Gasteiger partial charge in [-0.2, -0.15) is 0 Å². The molecule has 2 unspecified atom stereocenters. The molecule has 2 bridgehead atoms. The lowest BCUT2D eigenvalue weighted by molar-refractivity contribution is -0.154. The average molecular weight is 185 g/mol. The predicted octanol–water partition coefficient (Wildman–Crippen LogP) is -0.243. The van der Waals surface area contributed by atoms with E-state index in [1.165, 1.54) is 0 Å². The van der Waals surface area contributed by atoms with Gasteiger partial charge in [-0.3, -0.25) is 4.79 Å². The topological polar surface area (TPSA) is 49.8 Å². The standard InChI is InChI=1S/C9H15NO3/c1-6(11)10-7-2-9(12)3-8(10)5-13-4-7/h7-9,12H,2-5H2,1H3.